The Bertz CT molecular complexity index is 632. The minimum Gasteiger partial charge on any atom is -0.342 e. The molecule has 2 aliphatic heterocycles. The molecule has 1 aromatic heterocycles. The van der Waals surface area contributed by atoms with Crippen molar-refractivity contribution in [1.82, 2.24) is 19.9 Å². The fourth-order valence-corrected chi connectivity index (χ4v) is 3.81. The first-order chi connectivity index (χ1) is 11.6. The van der Waals surface area contributed by atoms with Gasteiger partial charge in [0.1, 0.15) is 0 Å². The summed E-state index contributed by atoms with van der Waals surface area (Å²) in [6.07, 6.45) is 4.53. The van der Waals surface area contributed by atoms with Crippen molar-refractivity contribution in [2.24, 2.45) is 11.8 Å². The zero-order valence-corrected chi connectivity index (χ0v) is 14.1. The van der Waals surface area contributed by atoms with Crippen molar-refractivity contribution < 1.29 is 14.1 Å². The first-order valence-corrected chi connectivity index (χ1v) is 8.97. The molecular weight excluding hydrogens is 308 g/mol. The Kier molecular flexibility index (Phi) is 4.02. The molecule has 3 heterocycles. The van der Waals surface area contributed by atoms with Gasteiger partial charge in [0, 0.05) is 38.5 Å². The van der Waals surface area contributed by atoms with Crippen LogP contribution in [0.25, 0.3) is 0 Å². The number of carbonyl (C=O) groups excluding carboxylic acids is 2. The molecule has 24 heavy (non-hydrogen) atoms. The van der Waals surface area contributed by atoms with E-state index in [4.69, 9.17) is 4.52 Å². The normalized spacial score (nSPS) is 25.5. The molecular formula is C17H24N4O3. The number of aryl methyl sites for hydroxylation is 1. The second-order valence-corrected chi connectivity index (χ2v) is 7.42. The van der Waals surface area contributed by atoms with Gasteiger partial charge < -0.3 is 14.3 Å². The van der Waals surface area contributed by atoms with Crippen LogP contribution >= 0.6 is 0 Å². The largest absolute Gasteiger partial charge is 0.342 e. The lowest BCUT2D eigenvalue weighted by molar-refractivity contribution is -0.136. The van der Waals surface area contributed by atoms with E-state index >= 15 is 0 Å². The summed E-state index contributed by atoms with van der Waals surface area (Å²) in [5.74, 6) is 2.40. The highest BCUT2D eigenvalue weighted by Gasteiger charge is 2.39. The van der Waals surface area contributed by atoms with Gasteiger partial charge in [-0.15, -0.1) is 0 Å². The number of piperidine rings is 1. The van der Waals surface area contributed by atoms with Crippen LogP contribution in [0.15, 0.2) is 4.52 Å². The van der Waals surface area contributed by atoms with Gasteiger partial charge in [-0.05, 0) is 38.5 Å². The lowest BCUT2D eigenvalue weighted by Crippen LogP contribution is -2.42. The van der Waals surface area contributed by atoms with Gasteiger partial charge in [0.05, 0.1) is 5.92 Å². The number of hydrogen-bond donors (Lipinski definition) is 0. The lowest BCUT2D eigenvalue weighted by atomic mass is 9.95. The Morgan fingerprint density at radius 2 is 2.00 bits per heavy atom. The number of hydrogen-bond acceptors (Lipinski definition) is 5. The fourth-order valence-electron chi connectivity index (χ4n) is 3.81. The van der Waals surface area contributed by atoms with Crippen LogP contribution < -0.4 is 0 Å². The Morgan fingerprint density at radius 3 is 2.62 bits per heavy atom. The van der Waals surface area contributed by atoms with E-state index in [9.17, 15) is 9.59 Å². The molecule has 0 spiro atoms. The van der Waals surface area contributed by atoms with Crippen LogP contribution in [0.5, 0.6) is 0 Å². The average Bonchev–Trinajstić information content (AvgIpc) is 3.18. The van der Waals surface area contributed by atoms with Gasteiger partial charge in [-0.2, -0.15) is 4.98 Å². The van der Waals surface area contributed by atoms with E-state index in [1.807, 2.05) is 16.7 Å². The molecule has 1 atom stereocenters. The number of rotatable bonds is 4. The van der Waals surface area contributed by atoms with Crippen LogP contribution in [-0.2, 0) is 9.59 Å². The van der Waals surface area contributed by atoms with E-state index in [0.29, 0.717) is 43.7 Å². The van der Waals surface area contributed by atoms with Crippen LogP contribution in [0.4, 0.5) is 0 Å². The average molecular weight is 332 g/mol. The van der Waals surface area contributed by atoms with Crippen molar-refractivity contribution in [3.05, 3.63) is 11.7 Å². The first-order valence-electron chi connectivity index (χ1n) is 8.97. The maximum Gasteiger partial charge on any atom is 0.229 e. The van der Waals surface area contributed by atoms with E-state index < -0.39 is 0 Å². The van der Waals surface area contributed by atoms with Gasteiger partial charge in [-0.1, -0.05) is 5.16 Å². The molecule has 0 N–H and O–H groups in total. The molecule has 7 heteroatoms. The van der Waals surface area contributed by atoms with E-state index in [1.165, 1.54) is 12.8 Å². The maximum atomic E-state index is 12.7. The SMILES string of the molecule is Cc1noc(C2CCN(C(=O)C3CC(=O)N(CC4CC4)C3)CC2)n1. The zero-order valence-electron chi connectivity index (χ0n) is 14.1. The minimum atomic E-state index is -0.154. The van der Waals surface area contributed by atoms with E-state index in [2.05, 4.69) is 10.1 Å². The van der Waals surface area contributed by atoms with Crippen molar-refractivity contribution in [2.45, 2.75) is 44.9 Å². The predicted molar refractivity (Wildman–Crippen MR) is 85.0 cm³/mol. The molecule has 3 aliphatic rings. The Morgan fingerprint density at radius 1 is 1.25 bits per heavy atom. The monoisotopic (exact) mass is 332 g/mol. The molecule has 4 rings (SSSR count). The Hall–Kier alpha value is -1.92. The highest BCUT2D eigenvalue weighted by Crippen LogP contribution is 2.33. The van der Waals surface area contributed by atoms with E-state index in [-0.39, 0.29) is 23.7 Å². The van der Waals surface area contributed by atoms with E-state index in [1.54, 1.807) is 0 Å². The summed E-state index contributed by atoms with van der Waals surface area (Å²) < 4.78 is 5.25. The number of likely N-dealkylation sites (tertiary alicyclic amines) is 2. The summed E-state index contributed by atoms with van der Waals surface area (Å²) in [5.41, 5.74) is 0. The molecule has 2 amide bonds. The second kappa shape index (κ2) is 6.18. The third kappa shape index (κ3) is 3.16. The molecule has 7 nitrogen and oxygen atoms in total. The van der Waals surface area contributed by atoms with Crippen LogP contribution in [0.2, 0.25) is 0 Å². The Balaban J connectivity index is 1.30. The summed E-state index contributed by atoms with van der Waals surface area (Å²) in [5, 5.41) is 3.84. The molecule has 1 unspecified atom stereocenters. The molecule has 3 fully saturated rings. The molecule has 1 aromatic rings. The lowest BCUT2D eigenvalue weighted by Gasteiger charge is -2.32. The molecule has 0 aromatic carbocycles. The predicted octanol–water partition coefficient (Wildman–Crippen LogP) is 1.34. The number of aromatic nitrogens is 2. The molecule has 1 saturated carbocycles. The second-order valence-electron chi connectivity index (χ2n) is 7.42. The van der Waals surface area contributed by atoms with Gasteiger partial charge in [0.15, 0.2) is 5.82 Å². The summed E-state index contributed by atoms with van der Waals surface area (Å²) >= 11 is 0. The summed E-state index contributed by atoms with van der Waals surface area (Å²) in [6.45, 7) is 4.69. The number of amides is 2. The number of carbonyl (C=O) groups is 2. The van der Waals surface area contributed by atoms with Crippen molar-refractivity contribution >= 4 is 11.8 Å². The minimum absolute atomic E-state index is 0.141. The van der Waals surface area contributed by atoms with Crippen LogP contribution in [-0.4, -0.2) is 57.9 Å². The van der Waals surface area contributed by atoms with Crippen molar-refractivity contribution in [3.63, 3.8) is 0 Å². The smallest absolute Gasteiger partial charge is 0.229 e. The molecule has 0 radical (unpaired) electrons. The molecule has 1 aliphatic carbocycles. The summed E-state index contributed by atoms with van der Waals surface area (Å²) in [4.78, 5) is 33.0. The van der Waals surface area contributed by atoms with Gasteiger partial charge >= 0.3 is 0 Å². The topological polar surface area (TPSA) is 79.5 Å². The van der Waals surface area contributed by atoms with Crippen molar-refractivity contribution in [1.29, 1.82) is 0 Å². The van der Waals surface area contributed by atoms with Crippen molar-refractivity contribution in [2.75, 3.05) is 26.2 Å². The van der Waals surface area contributed by atoms with Crippen molar-refractivity contribution in [3.8, 4) is 0 Å². The van der Waals surface area contributed by atoms with Crippen LogP contribution in [0.3, 0.4) is 0 Å². The number of nitrogens with zero attached hydrogens (tertiary/aromatic N) is 4. The van der Waals surface area contributed by atoms with Crippen LogP contribution in [0.1, 0.15) is 49.7 Å². The van der Waals surface area contributed by atoms with Gasteiger partial charge in [-0.25, -0.2) is 0 Å². The zero-order chi connectivity index (χ0) is 16.7. The standard InChI is InChI=1S/C17H24N4O3/c1-11-18-16(24-19-11)13-4-6-20(7-5-13)17(23)14-8-15(22)21(10-14)9-12-2-3-12/h12-14H,2-10H2,1H3. The van der Waals surface area contributed by atoms with Gasteiger partial charge in [0.25, 0.3) is 0 Å². The third-order valence-electron chi connectivity index (χ3n) is 5.44. The molecule has 2 saturated heterocycles. The molecule has 0 bridgehead atoms. The van der Waals surface area contributed by atoms with Gasteiger partial charge in [-0.3, -0.25) is 9.59 Å². The fraction of sp³-hybridized carbons (Fsp3) is 0.765. The quantitative estimate of drug-likeness (QED) is 0.831. The third-order valence-corrected chi connectivity index (χ3v) is 5.44. The Labute approximate surface area is 141 Å². The first kappa shape index (κ1) is 15.6. The van der Waals surface area contributed by atoms with Crippen LogP contribution in [0, 0.1) is 18.8 Å². The van der Waals surface area contributed by atoms with Gasteiger partial charge in [0.2, 0.25) is 17.7 Å². The molecule has 130 valence electrons. The highest BCUT2D eigenvalue weighted by atomic mass is 16.5. The summed E-state index contributed by atoms with van der Waals surface area (Å²) in [7, 11) is 0. The highest BCUT2D eigenvalue weighted by molar-refractivity contribution is 5.89. The summed E-state index contributed by atoms with van der Waals surface area (Å²) in [6, 6.07) is 0. The van der Waals surface area contributed by atoms with E-state index in [0.717, 1.165) is 19.4 Å². The maximum absolute atomic E-state index is 12.7.